The largest absolute Gasteiger partial charge is 0.508 e. The van der Waals surface area contributed by atoms with Crippen LogP contribution < -0.4 is 0 Å². The first kappa shape index (κ1) is 16.6. The Morgan fingerprint density at radius 2 is 1.88 bits per heavy atom. The Labute approximate surface area is 147 Å². The van der Waals surface area contributed by atoms with Gasteiger partial charge in [-0.1, -0.05) is 12.1 Å². The van der Waals surface area contributed by atoms with E-state index in [9.17, 15) is 15.0 Å². The fraction of sp³-hybridized carbons (Fsp3) is 0.550. The van der Waals surface area contributed by atoms with Crippen LogP contribution in [0.1, 0.15) is 38.7 Å². The normalized spacial score (nSPS) is 36.7. The fourth-order valence-electron chi connectivity index (χ4n) is 4.44. The van der Waals surface area contributed by atoms with E-state index >= 15 is 0 Å². The molecule has 3 aliphatic rings. The summed E-state index contributed by atoms with van der Waals surface area (Å²) in [5.41, 5.74) is 0.951. The van der Waals surface area contributed by atoms with E-state index in [1.807, 2.05) is 0 Å². The monoisotopic (exact) mass is 344 g/mol. The van der Waals surface area contributed by atoms with E-state index < -0.39 is 12.0 Å². The molecule has 1 aliphatic carbocycles. The number of hydrogen-bond acceptors (Lipinski definition) is 5. The van der Waals surface area contributed by atoms with Gasteiger partial charge in [-0.25, -0.2) is 0 Å². The number of ketones is 1. The molecular formula is C20H24O5. The van der Waals surface area contributed by atoms with Crippen LogP contribution in [0.15, 0.2) is 30.5 Å². The number of Topliss-reactive ketones (excluding diaryl/α,β-unsaturated/α-hetero) is 1. The zero-order valence-electron chi connectivity index (χ0n) is 14.5. The SMILES string of the molecule is CC1(C)CCC2C(CC3OC=C(c4ccc(O)cc4)C(=O)C3C2O)O1. The number of aliphatic hydroxyl groups excluding tert-OH is 1. The molecule has 2 aliphatic heterocycles. The van der Waals surface area contributed by atoms with Crippen LogP contribution in [-0.2, 0) is 14.3 Å². The number of benzene rings is 1. The second kappa shape index (κ2) is 5.85. The van der Waals surface area contributed by atoms with Crippen molar-refractivity contribution < 1.29 is 24.5 Å². The second-order valence-electron chi connectivity index (χ2n) is 7.99. The van der Waals surface area contributed by atoms with Crippen LogP contribution in [0, 0.1) is 11.8 Å². The van der Waals surface area contributed by atoms with Crippen molar-refractivity contribution in [1.82, 2.24) is 0 Å². The number of ether oxygens (including phenoxy) is 2. The number of allylic oxidation sites excluding steroid dienone is 1. The van der Waals surface area contributed by atoms with E-state index in [1.165, 1.54) is 6.26 Å². The van der Waals surface area contributed by atoms with Crippen molar-refractivity contribution in [3.8, 4) is 5.75 Å². The quantitative estimate of drug-likeness (QED) is 0.819. The number of fused-ring (bicyclic) bond motifs is 2. The third-order valence-corrected chi connectivity index (χ3v) is 5.81. The van der Waals surface area contributed by atoms with E-state index in [0.717, 1.165) is 12.8 Å². The third kappa shape index (κ3) is 2.85. The Morgan fingerprint density at radius 3 is 2.60 bits per heavy atom. The van der Waals surface area contributed by atoms with Gasteiger partial charge in [0.2, 0.25) is 0 Å². The molecule has 1 saturated carbocycles. The highest BCUT2D eigenvalue weighted by Gasteiger charge is 2.53. The number of aromatic hydroxyl groups is 1. The van der Waals surface area contributed by atoms with Crippen molar-refractivity contribution >= 4 is 11.4 Å². The van der Waals surface area contributed by atoms with Gasteiger partial charge in [-0.15, -0.1) is 0 Å². The lowest BCUT2D eigenvalue weighted by atomic mass is 9.67. The smallest absolute Gasteiger partial charge is 0.175 e. The number of hydrogen-bond donors (Lipinski definition) is 2. The van der Waals surface area contributed by atoms with Crippen LogP contribution in [0.4, 0.5) is 0 Å². The first-order chi connectivity index (χ1) is 11.9. The lowest BCUT2D eigenvalue weighted by molar-refractivity contribution is -0.205. The average Bonchev–Trinajstić information content (AvgIpc) is 2.55. The van der Waals surface area contributed by atoms with Crippen LogP contribution in [0.3, 0.4) is 0 Å². The zero-order valence-corrected chi connectivity index (χ0v) is 14.5. The van der Waals surface area contributed by atoms with Crippen molar-refractivity contribution in [1.29, 1.82) is 0 Å². The molecule has 134 valence electrons. The molecule has 1 aromatic carbocycles. The Morgan fingerprint density at radius 1 is 1.16 bits per heavy atom. The molecule has 5 heteroatoms. The summed E-state index contributed by atoms with van der Waals surface area (Å²) in [6, 6.07) is 6.46. The van der Waals surface area contributed by atoms with Crippen LogP contribution in [0.2, 0.25) is 0 Å². The van der Waals surface area contributed by atoms with E-state index in [1.54, 1.807) is 24.3 Å². The van der Waals surface area contributed by atoms with E-state index in [4.69, 9.17) is 9.47 Å². The lowest BCUT2D eigenvalue weighted by Gasteiger charge is -2.50. The molecule has 2 N–H and O–H groups in total. The molecule has 0 radical (unpaired) electrons. The number of carbonyl (C=O) groups excluding carboxylic acids is 1. The molecule has 2 fully saturated rings. The van der Waals surface area contributed by atoms with E-state index in [0.29, 0.717) is 17.6 Å². The molecule has 0 aromatic heterocycles. The zero-order chi connectivity index (χ0) is 17.8. The first-order valence-corrected chi connectivity index (χ1v) is 8.91. The molecule has 0 amide bonds. The number of phenolic OH excluding ortho intramolecular Hbond substituents is 1. The standard InChI is InChI=1S/C20H24O5/c1-20(2)8-7-13-15(25-20)9-16-17(18(13)22)19(23)14(10-24-16)11-3-5-12(21)6-4-11/h3-6,10,13,15-18,21-22H,7-9H2,1-2H3. The summed E-state index contributed by atoms with van der Waals surface area (Å²) in [6.45, 7) is 4.13. The predicted molar refractivity (Wildman–Crippen MR) is 91.8 cm³/mol. The summed E-state index contributed by atoms with van der Waals surface area (Å²) in [7, 11) is 0. The van der Waals surface area contributed by atoms with Crippen molar-refractivity contribution in [3.63, 3.8) is 0 Å². The van der Waals surface area contributed by atoms with Gasteiger partial charge in [-0.3, -0.25) is 4.79 Å². The number of carbonyl (C=O) groups is 1. The lowest BCUT2D eigenvalue weighted by Crippen LogP contribution is -2.58. The molecular weight excluding hydrogens is 320 g/mol. The molecule has 5 unspecified atom stereocenters. The Hall–Kier alpha value is -1.85. The molecule has 5 atom stereocenters. The maximum absolute atomic E-state index is 13.0. The molecule has 4 rings (SSSR count). The highest BCUT2D eigenvalue weighted by Crippen LogP contribution is 2.45. The van der Waals surface area contributed by atoms with Crippen molar-refractivity contribution in [2.24, 2.45) is 11.8 Å². The molecule has 1 saturated heterocycles. The topological polar surface area (TPSA) is 76.0 Å². The van der Waals surface area contributed by atoms with Crippen LogP contribution in [-0.4, -0.2) is 39.9 Å². The summed E-state index contributed by atoms with van der Waals surface area (Å²) in [5, 5.41) is 20.3. The van der Waals surface area contributed by atoms with Gasteiger partial charge in [0.1, 0.15) is 11.9 Å². The second-order valence-corrected chi connectivity index (χ2v) is 7.99. The maximum Gasteiger partial charge on any atom is 0.175 e. The van der Waals surface area contributed by atoms with Crippen LogP contribution >= 0.6 is 0 Å². The Kier molecular flexibility index (Phi) is 3.89. The average molecular weight is 344 g/mol. The van der Waals surface area contributed by atoms with E-state index in [-0.39, 0.29) is 35.3 Å². The summed E-state index contributed by atoms with van der Waals surface area (Å²) < 4.78 is 12.0. The van der Waals surface area contributed by atoms with Gasteiger partial charge in [0, 0.05) is 12.3 Å². The minimum Gasteiger partial charge on any atom is -0.508 e. The van der Waals surface area contributed by atoms with Crippen molar-refractivity contribution in [3.05, 3.63) is 36.1 Å². The minimum atomic E-state index is -0.756. The van der Waals surface area contributed by atoms with E-state index in [2.05, 4.69) is 13.8 Å². The van der Waals surface area contributed by atoms with Gasteiger partial charge in [-0.2, -0.15) is 0 Å². The van der Waals surface area contributed by atoms with Gasteiger partial charge in [0.25, 0.3) is 0 Å². The summed E-state index contributed by atoms with van der Waals surface area (Å²) in [5.74, 6) is -0.521. The molecule has 0 bridgehead atoms. The van der Waals surface area contributed by atoms with Crippen molar-refractivity contribution in [2.45, 2.75) is 57.0 Å². The van der Waals surface area contributed by atoms with Gasteiger partial charge in [0.05, 0.1) is 35.6 Å². The van der Waals surface area contributed by atoms with Gasteiger partial charge in [-0.05, 0) is 44.4 Å². The van der Waals surface area contributed by atoms with Gasteiger partial charge < -0.3 is 19.7 Å². The number of aliphatic hydroxyl groups is 1. The van der Waals surface area contributed by atoms with Gasteiger partial charge >= 0.3 is 0 Å². The third-order valence-electron chi connectivity index (χ3n) is 5.81. The minimum absolute atomic E-state index is 0.0269. The number of phenols is 1. The maximum atomic E-state index is 13.0. The summed E-state index contributed by atoms with van der Waals surface area (Å²) >= 11 is 0. The first-order valence-electron chi connectivity index (χ1n) is 8.91. The Bertz CT molecular complexity index is 705. The molecule has 0 spiro atoms. The van der Waals surface area contributed by atoms with Crippen molar-refractivity contribution in [2.75, 3.05) is 0 Å². The predicted octanol–water partition coefficient (Wildman–Crippen LogP) is 2.66. The van der Waals surface area contributed by atoms with Crippen LogP contribution in [0.25, 0.3) is 5.57 Å². The summed E-state index contributed by atoms with van der Waals surface area (Å²) in [6.07, 6.45) is 2.67. The highest BCUT2D eigenvalue weighted by atomic mass is 16.5. The summed E-state index contributed by atoms with van der Waals surface area (Å²) in [4.78, 5) is 13.0. The fourth-order valence-corrected chi connectivity index (χ4v) is 4.44. The Balaban J connectivity index is 1.61. The highest BCUT2D eigenvalue weighted by molar-refractivity contribution is 6.22. The molecule has 5 nitrogen and oxygen atoms in total. The van der Waals surface area contributed by atoms with Gasteiger partial charge in [0.15, 0.2) is 5.78 Å². The molecule has 25 heavy (non-hydrogen) atoms. The molecule has 2 heterocycles. The van der Waals surface area contributed by atoms with Crippen LogP contribution in [0.5, 0.6) is 5.75 Å². The number of rotatable bonds is 1. The molecule has 1 aromatic rings.